The third-order valence-corrected chi connectivity index (χ3v) is 5.09. The molecule has 0 radical (unpaired) electrons. The number of thiophene rings is 1. The molecule has 0 atom stereocenters. The molecule has 0 bridgehead atoms. The highest BCUT2D eigenvalue weighted by Crippen LogP contribution is 2.34. The number of benzene rings is 1. The first-order valence-electron chi connectivity index (χ1n) is 7.54. The molecule has 3 rings (SSSR count). The molecule has 1 aromatic carbocycles. The minimum absolute atomic E-state index is 0.00991. The number of hydrogen-bond acceptors (Lipinski definition) is 4. The maximum absolute atomic E-state index is 14.8. The highest BCUT2D eigenvalue weighted by atomic mass is 32.1. The number of methoxy groups -OCH3 is 1. The Kier molecular flexibility index (Phi) is 4.34. The first kappa shape index (κ1) is 17.2. The Morgan fingerprint density at radius 3 is 2.52 bits per heavy atom. The Labute approximate surface area is 147 Å². The normalized spacial score (nSPS) is 11.0. The third-order valence-electron chi connectivity index (χ3n) is 4.10. The summed E-state index contributed by atoms with van der Waals surface area (Å²) in [5.74, 6) is -2.05. The number of carbonyl (C=O) groups is 2. The average Bonchev–Trinajstić information content (AvgIpc) is 3.10. The van der Waals surface area contributed by atoms with Gasteiger partial charge in [-0.05, 0) is 43.7 Å². The Balaban J connectivity index is 2.32. The molecule has 0 aliphatic rings. The zero-order valence-electron chi connectivity index (χ0n) is 13.9. The van der Waals surface area contributed by atoms with Crippen LogP contribution in [0.2, 0.25) is 0 Å². The van der Waals surface area contributed by atoms with E-state index < -0.39 is 11.8 Å². The molecular weight excluding hydrogens is 345 g/mol. The van der Waals surface area contributed by atoms with Crippen molar-refractivity contribution >= 4 is 34.1 Å². The number of aromatic nitrogens is 1. The van der Waals surface area contributed by atoms with E-state index in [1.165, 1.54) is 29.1 Å². The van der Waals surface area contributed by atoms with Crippen LogP contribution in [-0.2, 0) is 11.2 Å². The van der Waals surface area contributed by atoms with Gasteiger partial charge in [0.25, 0.3) is 5.91 Å². The van der Waals surface area contributed by atoms with Gasteiger partial charge in [0, 0.05) is 16.0 Å². The molecule has 0 aliphatic heterocycles. The van der Waals surface area contributed by atoms with Crippen LogP contribution in [0.15, 0.2) is 24.3 Å². The smallest absolute Gasteiger partial charge is 0.307 e. The van der Waals surface area contributed by atoms with Gasteiger partial charge in [-0.25, -0.2) is 4.39 Å². The first-order chi connectivity index (χ1) is 11.8. The monoisotopic (exact) mass is 361 g/mol. The largest absolute Gasteiger partial charge is 0.494 e. The Bertz CT molecular complexity index is 1000. The highest BCUT2D eigenvalue weighted by Gasteiger charge is 2.25. The van der Waals surface area contributed by atoms with Crippen molar-refractivity contribution in [2.45, 2.75) is 20.3 Å². The van der Waals surface area contributed by atoms with E-state index in [-0.39, 0.29) is 29.0 Å². The van der Waals surface area contributed by atoms with Gasteiger partial charge in [0.05, 0.1) is 23.9 Å². The number of aliphatic carboxylic acids is 1. The molecule has 0 aliphatic carbocycles. The van der Waals surface area contributed by atoms with Crippen molar-refractivity contribution in [1.29, 1.82) is 0 Å². The number of carboxylic acid groups (broad SMARTS) is 1. The fourth-order valence-electron chi connectivity index (χ4n) is 2.96. The summed E-state index contributed by atoms with van der Waals surface area (Å²) in [6.07, 6.45) is -0.379. The summed E-state index contributed by atoms with van der Waals surface area (Å²) >= 11 is 1.34. The van der Waals surface area contributed by atoms with Crippen molar-refractivity contribution in [2.75, 3.05) is 7.11 Å². The van der Waals surface area contributed by atoms with Crippen LogP contribution in [0.4, 0.5) is 4.39 Å². The van der Waals surface area contributed by atoms with Gasteiger partial charge >= 0.3 is 5.97 Å². The highest BCUT2D eigenvalue weighted by molar-refractivity contribution is 7.14. The van der Waals surface area contributed by atoms with Crippen LogP contribution in [0.3, 0.4) is 0 Å². The minimum atomic E-state index is -1.09. The van der Waals surface area contributed by atoms with Gasteiger partial charge in [-0.1, -0.05) is 0 Å². The molecule has 0 saturated carbocycles. The van der Waals surface area contributed by atoms with Gasteiger partial charge in [-0.15, -0.1) is 11.3 Å². The number of aryl methyl sites for hydroxylation is 1. The van der Waals surface area contributed by atoms with Crippen LogP contribution in [0.5, 0.6) is 5.75 Å². The number of halogens is 1. The fraction of sp³-hybridized carbons (Fsp3) is 0.222. The molecular formula is C18H16FNO4S. The number of nitrogens with zero attached hydrogens (tertiary/aromatic N) is 1. The summed E-state index contributed by atoms with van der Waals surface area (Å²) in [6.45, 7) is 3.52. The molecule has 25 heavy (non-hydrogen) atoms. The quantitative estimate of drug-likeness (QED) is 0.768. The summed E-state index contributed by atoms with van der Waals surface area (Å²) < 4.78 is 21.2. The number of hydrogen-bond donors (Lipinski definition) is 1. The van der Waals surface area contributed by atoms with Crippen molar-refractivity contribution in [3.05, 3.63) is 51.1 Å². The lowest BCUT2D eigenvalue weighted by atomic mass is 10.1. The number of ether oxygens (including phenoxy) is 1. The van der Waals surface area contributed by atoms with Crippen molar-refractivity contribution in [3.8, 4) is 5.75 Å². The number of rotatable bonds is 4. The second-order valence-electron chi connectivity index (χ2n) is 5.66. The molecule has 3 aromatic rings. The molecule has 130 valence electrons. The van der Waals surface area contributed by atoms with Crippen LogP contribution >= 0.6 is 11.3 Å². The molecule has 0 fully saturated rings. The van der Waals surface area contributed by atoms with E-state index in [1.54, 1.807) is 19.1 Å². The van der Waals surface area contributed by atoms with Gasteiger partial charge in [-0.3, -0.25) is 14.2 Å². The molecule has 0 spiro atoms. The van der Waals surface area contributed by atoms with Crippen LogP contribution in [-0.4, -0.2) is 28.7 Å². The summed E-state index contributed by atoms with van der Waals surface area (Å²) in [7, 11) is 1.34. The zero-order chi connectivity index (χ0) is 18.3. The van der Waals surface area contributed by atoms with E-state index in [4.69, 9.17) is 4.74 Å². The second kappa shape index (κ2) is 6.33. The van der Waals surface area contributed by atoms with Gasteiger partial charge in [0.2, 0.25) is 0 Å². The van der Waals surface area contributed by atoms with Crippen molar-refractivity contribution in [2.24, 2.45) is 0 Å². The summed E-state index contributed by atoms with van der Waals surface area (Å²) in [6, 6.07) is 6.56. The van der Waals surface area contributed by atoms with Crippen molar-refractivity contribution < 1.29 is 23.8 Å². The minimum Gasteiger partial charge on any atom is -0.494 e. The molecule has 0 unspecified atom stereocenters. The second-order valence-corrected chi connectivity index (χ2v) is 6.95. The molecule has 2 aromatic heterocycles. The maximum atomic E-state index is 14.8. The van der Waals surface area contributed by atoms with E-state index in [1.807, 2.05) is 13.0 Å². The van der Waals surface area contributed by atoms with Crippen LogP contribution in [0, 0.1) is 19.7 Å². The lowest BCUT2D eigenvalue weighted by molar-refractivity contribution is -0.136. The lowest BCUT2D eigenvalue weighted by Crippen LogP contribution is -2.12. The van der Waals surface area contributed by atoms with Gasteiger partial charge < -0.3 is 9.84 Å². The number of carbonyl (C=O) groups excluding carboxylic acids is 1. The first-order valence-corrected chi connectivity index (χ1v) is 8.36. The molecule has 2 heterocycles. The molecule has 7 heteroatoms. The van der Waals surface area contributed by atoms with Gasteiger partial charge in [0.15, 0.2) is 11.6 Å². The molecule has 0 saturated heterocycles. The Morgan fingerprint density at radius 1 is 1.24 bits per heavy atom. The summed E-state index contributed by atoms with van der Waals surface area (Å²) in [4.78, 5) is 25.7. The summed E-state index contributed by atoms with van der Waals surface area (Å²) in [5, 5.41) is 9.30. The van der Waals surface area contributed by atoms with Crippen molar-refractivity contribution in [1.82, 2.24) is 4.57 Å². The molecule has 0 amide bonds. The Morgan fingerprint density at radius 2 is 1.96 bits per heavy atom. The van der Waals surface area contributed by atoms with Crippen LogP contribution in [0.25, 0.3) is 10.9 Å². The standard InChI is InChI=1S/C18H16FNO4S/c1-9-4-7-14(25-9)18(23)20-10(2)11(8-15(21)22)16-12(20)5-6-13(24-3)17(16)19/h4-7H,8H2,1-3H3,(H,21,22). The molecule has 5 nitrogen and oxygen atoms in total. The number of fused-ring (bicyclic) bond motifs is 1. The van der Waals surface area contributed by atoms with E-state index in [2.05, 4.69) is 0 Å². The van der Waals surface area contributed by atoms with E-state index in [9.17, 15) is 19.1 Å². The predicted molar refractivity (Wildman–Crippen MR) is 93.3 cm³/mol. The van der Waals surface area contributed by atoms with Gasteiger partial charge in [-0.2, -0.15) is 0 Å². The predicted octanol–water partition coefficient (Wildman–Crippen LogP) is 3.78. The van der Waals surface area contributed by atoms with Crippen LogP contribution < -0.4 is 4.74 Å². The fourth-order valence-corrected chi connectivity index (χ4v) is 3.76. The van der Waals surface area contributed by atoms with Gasteiger partial charge in [0.1, 0.15) is 0 Å². The maximum Gasteiger partial charge on any atom is 0.307 e. The van der Waals surface area contributed by atoms with Crippen LogP contribution in [0.1, 0.15) is 25.8 Å². The topological polar surface area (TPSA) is 68.5 Å². The lowest BCUT2D eigenvalue weighted by Gasteiger charge is -2.06. The van der Waals surface area contributed by atoms with Crippen molar-refractivity contribution in [3.63, 3.8) is 0 Å². The Hall–Kier alpha value is -2.67. The zero-order valence-corrected chi connectivity index (χ0v) is 14.7. The SMILES string of the molecule is COc1ccc2c(c1F)c(CC(=O)O)c(C)n2C(=O)c1ccc(C)s1. The molecule has 1 N–H and O–H groups in total. The third kappa shape index (κ3) is 2.80. The summed E-state index contributed by atoms with van der Waals surface area (Å²) in [5.41, 5.74) is 1.03. The average molecular weight is 361 g/mol. The van der Waals surface area contributed by atoms with E-state index in [0.29, 0.717) is 16.1 Å². The van der Waals surface area contributed by atoms with E-state index in [0.717, 1.165) is 4.88 Å². The number of carboxylic acids is 1. The van der Waals surface area contributed by atoms with E-state index >= 15 is 0 Å².